The molecule has 1 aromatic heterocycles. The van der Waals surface area contributed by atoms with Crippen molar-refractivity contribution < 1.29 is 0 Å². The zero-order chi connectivity index (χ0) is 16.8. The van der Waals surface area contributed by atoms with Crippen LogP contribution in [0.1, 0.15) is 34.4 Å². The van der Waals surface area contributed by atoms with Gasteiger partial charge in [-0.3, -0.25) is 4.98 Å². The largest absolute Gasteiger partial charge is 0.261 e. The summed E-state index contributed by atoms with van der Waals surface area (Å²) in [6.45, 7) is 2.04. The lowest BCUT2D eigenvalue weighted by molar-refractivity contribution is 0.888. The Hall–Kier alpha value is -2.67. The zero-order valence-electron chi connectivity index (χ0n) is 14.5. The third kappa shape index (κ3) is 2.34. The molecule has 1 nitrogen and oxygen atoms in total. The zero-order valence-corrected chi connectivity index (χ0v) is 14.5. The van der Waals surface area contributed by atoms with Crippen LogP contribution in [0, 0.1) is 6.92 Å². The smallest absolute Gasteiger partial charge is 0.0373 e. The highest BCUT2D eigenvalue weighted by atomic mass is 14.7. The summed E-state index contributed by atoms with van der Waals surface area (Å²) in [6.07, 6.45) is 11.2. The molecule has 1 heterocycles. The molecule has 25 heavy (non-hydrogen) atoms. The molecule has 122 valence electrons. The molecule has 0 atom stereocenters. The quantitative estimate of drug-likeness (QED) is 0.553. The lowest BCUT2D eigenvalue weighted by Gasteiger charge is -2.27. The van der Waals surface area contributed by atoms with Crippen LogP contribution in [-0.4, -0.2) is 4.98 Å². The molecule has 5 rings (SSSR count). The van der Waals surface area contributed by atoms with Crippen LogP contribution >= 0.6 is 0 Å². The summed E-state index contributed by atoms with van der Waals surface area (Å²) in [5.41, 5.74) is 12.5. The minimum Gasteiger partial charge on any atom is -0.261 e. The van der Waals surface area contributed by atoms with Gasteiger partial charge in [0.15, 0.2) is 0 Å². The van der Waals surface area contributed by atoms with Gasteiger partial charge in [-0.05, 0) is 77.6 Å². The van der Waals surface area contributed by atoms with Crippen molar-refractivity contribution in [3.63, 3.8) is 0 Å². The summed E-state index contributed by atoms with van der Waals surface area (Å²) in [4.78, 5) is 4.50. The predicted octanol–water partition coefficient (Wildman–Crippen LogP) is 5.78. The van der Waals surface area contributed by atoms with Crippen molar-refractivity contribution in [2.45, 2.75) is 32.6 Å². The highest BCUT2D eigenvalue weighted by Crippen LogP contribution is 2.41. The number of hydrogen-bond acceptors (Lipinski definition) is 1. The lowest BCUT2D eigenvalue weighted by atomic mass is 9.78. The van der Waals surface area contributed by atoms with Gasteiger partial charge in [0.1, 0.15) is 0 Å². The SMILES string of the molecule is Cc1ccc(-c2cccc3c2CCc2c-3ccc3c2CCC=C3)cn1. The Morgan fingerprint density at radius 2 is 1.60 bits per heavy atom. The second-order valence-electron chi connectivity index (χ2n) is 7.12. The van der Waals surface area contributed by atoms with Crippen molar-refractivity contribution in [3.05, 3.63) is 82.7 Å². The monoisotopic (exact) mass is 323 g/mol. The van der Waals surface area contributed by atoms with Crippen LogP contribution in [0.25, 0.3) is 28.3 Å². The van der Waals surface area contributed by atoms with Gasteiger partial charge in [0.25, 0.3) is 0 Å². The van der Waals surface area contributed by atoms with Gasteiger partial charge in [-0.1, -0.05) is 48.6 Å². The van der Waals surface area contributed by atoms with Gasteiger partial charge < -0.3 is 0 Å². The van der Waals surface area contributed by atoms with Crippen LogP contribution in [0.3, 0.4) is 0 Å². The van der Waals surface area contributed by atoms with Crippen LogP contribution in [0.4, 0.5) is 0 Å². The Morgan fingerprint density at radius 1 is 0.760 bits per heavy atom. The number of aryl methyl sites for hydroxylation is 1. The number of benzene rings is 2. The van der Waals surface area contributed by atoms with E-state index in [4.69, 9.17) is 0 Å². The van der Waals surface area contributed by atoms with Gasteiger partial charge in [0.2, 0.25) is 0 Å². The van der Waals surface area contributed by atoms with Crippen LogP contribution in [-0.2, 0) is 19.3 Å². The molecule has 2 aliphatic rings. The van der Waals surface area contributed by atoms with E-state index in [1.165, 1.54) is 46.2 Å². The number of rotatable bonds is 1. The van der Waals surface area contributed by atoms with Crippen molar-refractivity contribution in [1.29, 1.82) is 0 Å². The first-order valence-electron chi connectivity index (χ1n) is 9.18. The van der Waals surface area contributed by atoms with E-state index >= 15 is 0 Å². The third-order valence-electron chi connectivity index (χ3n) is 5.64. The topological polar surface area (TPSA) is 12.9 Å². The third-order valence-corrected chi connectivity index (χ3v) is 5.64. The normalized spacial score (nSPS) is 14.6. The van der Waals surface area contributed by atoms with Crippen molar-refractivity contribution >= 4 is 6.08 Å². The Kier molecular flexibility index (Phi) is 3.34. The fourth-order valence-corrected chi connectivity index (χ4v) is 4.39. The summed E-state index contributed by atoms with van der Waals surface area (Å²) < 4.78 is 0. The van der Waals surface area contributed by atoms with Gasteiger partial charge in [0, 0.05) is 17.5 Å². The van der Waals surface area contributed by atoms with Gasteiger partial charge in [-0.2, -0.15) is 0 Å². The van der Waals surface area contributed by atoms with Crippen molar-refractivity contribution in [3.8, 4) is 22.3 Å². The average molecular weight is 323 g/mol. The molecule has 0 amide bonds. The molecule has 0 saturated heterocycles. The number of allylic oxidation sites excluding steroid dienone is 1. The highest BCUT2D eigenvalue weighted by molar-refractivity contribution is 5.83. The molecule has 2 aromatic carbocycles. The molecule has 0 saturated carbocycles. The first kappa shape index (κ1) is 14.7. The van der Waals surface area contributed by atoms with Gasteiger partial charge >= 0.3 is 0 Å². The number of fused-ring (bicyclic) bond motifs is 5. The van der Waals surface area contributed by atoms with Crippen LogP contribution < -0.4 is 0 Å². The van der Waals surface area contributed by atoms with E-state index in [1.807, 2.05) is 13.1 Å². The fourth-order valence-electron chi connectivity index (χ4n) is 4.39. The molecule has 2 aliphatic carbocycles. The van der Waals surface area contributed by atoms with E-state index in [-0.39, 0.29) is 0 Å². The first-order chi connectivity index (χ1) is 12.3. The van der Waals surface area contributed by atoms with Crippen molar-refractivity contribution in [1.82, 2.24) is 4.98 Å². The van der Waals surface area contributed by atoms with Gasteiger partial charge in [0.05, 0.1) is 0 Å². The Morgan fingerprint density at radius 3 is 2.48 bits per heavy atom. The van der Waals surface area contributed by atoms with Gasteiger partial charge in [-0.25, -0.2) is 0 Å². The lowest BCUT2D eigenvalue weighted by Crippen LogP contribution is -2.10. The van der Waals surface area contributed by atoms with Crippen molar-refractivity contribution in [2.24, 2.45) is 0 Å². The Labute approximate surface area is 149 Å². The number of hydrogen-bond donors (Lipinski definition) is 0. The molecule has 0 radical (unpaired) electrons. The molecular formula is C24H21N. The summed E-state index contributed by atoms with van der Waals surface area (Å²) in [6, 6.07) is 15.7. The highest BCUT2D eigenvalue weighted by Gasteiger charge is 2.23. The second kappa shape index (κ2) is 5.70. The van der Waals surface area contributed by atoms with Crippen molar-refractivity contribution in [2.75, 3.05) is 0 Å². The molecule has 0 fully saturated rings. The second-order valence-corrected chi connectivity index (χ2v) is 7.12. The van der Waals surface area contributed by atoms with E-state index in [0.29, 0.717) is 0 Å². The molecular weight excluding hydrogens is 302 g/mol. The molecule has 0 bridgehead atoms. The Bertz CT molecular complexity index is 993. The molecule has 0 unspecified atom stereocenters. The minimum absolute atomic E-state index is 1.07. The van der Waals surface area contributed by atoms with E-state index in [9.17, 15) is 0 Å². The number of nitrogens with zero attached hydrogens (tertiary/aromatic N) is 1. The molecule has 0 aliphatic heterocycles. The summed E-state index contributed by atoms with van der Waals surface area (Å²) in [5.74, 6) is 0. The maximum absolute atomic E-state index is 4.50. The van der Waals surface area contributed by atoms with E-state index in [0.717, 1.165) is 18.5 Å². The number of pyridine rings is 1. The summed E-state index contributed by atoms with van der Waals surface area (Å²) in [5, 5.41) is 0. The molecule has 1 heteroatoms. The minimum atomic E-state index is 1.07. The maximum atomic E-state index is 4.50. The molecule has 3 aromatic rings. The average Bonchev–Trinajstić information content (AvgIpc) is 2.67. The predicted molar refractivity (Wildman–Crippen MR) is 105 cm³/mol. The van der Waals surface area contributed by atoms with E-state index in [1.54, 1.807) is 11.1 Å². The molecule has 0 spiro atoms. The fraction of sp³-hybridized carbons (Fsp3) is 0.208. The first-order valence-corrected chi connectivity index (χ1v) is 9.18. The summed E-state index contributed by atoms with van der Waals surface area (Å²) >= 11 is 0. The van der Waals surface area contributed by atoms with Crippen LogP contribution in [0.2, 0.25) is 0 Å². The standard InChI is InChI=1S/C24H21N/c1-16-9-10-18(15-25-16)20-7-4-8-21-23(20)14-13-22-19-6-3-2-5-17(19)11-12-24(21)22/h2,4-5,7-12,15H,3,6,13-14H2,1H3. The van der Waals surface area contributed by atoms with E-state index in [2.05, 4.69) is 59.6 Å². The van der Waals surface area contributed by atoms with Crippen LogP contribution in [0.5, 0.6) is 0 Å². The van der Waals surface area contributed by atoms with E-state index < -0.39 is 0 Å². The maximum Gasteiger partial charge on any atom is 0.0373 e. The van der Waals surface area contributed by atoms with Crippen LogP contribution in [0.15, 0.2) is 54.7 Å². The number of aromatic nitrogens is 1. The summed E-state index contributed by atoms with van der Waals surface area (Å²) in [7, 11) is 0. The Balaban J connectivity index is 1.70. The van der Waals surface area contributed by atoms with Gasteiger partial charge in [-0.15, -0.1) is 0 Å². The molecule has 0 N–H and O–H groups in total.